The monoisotopic (exact) mass is 294 g/mol. The van der Waals surface area contributed by atoms with E-state index in [2.05, 4.69) is 17.3 Å². The number of amides is 1. The van der Waals surface area contributed by atoms with Crippen LogP contribution in [0.3, 0.4) is 0 Å². The van der Waals surface area contributed by atoms with Gasteiger partial charge in [0.15, 0.2) is 0 Å². The van der Waals surface area contributed by atoms with Crippen LogP contribution in [0.5, 0.6) is 0 Å². The molecule has 0 radical (unpaired) electrons. The summed E-state index contributed by atoms with van der Waals surface area (Å²) in [6.45, 7) is 5.31. The van der Waals surface area contributed by atoms with Gasteiger partial charge in [0.2, 0.25) is 5.91 Å². The first kappa shape index (κ1) is 17.2. The molecule has 1 amide bonds. The maximum absolute atomic E-state index is 11.9. The molecule has 2 heterocycles. The summed E-state index contributed by atoms with van der Waals surface area (Å²) in [6.07, 6.45) is 4.15. The minimum absolute atomic E-state index is 0. The van der Waals surface area contributed by atoms with Crippen LogP contribution in [-0.2, 0) is 11.3 Å². The zero-order valence-corrected chi connectivity index (χ0v) is 12.0. The lowest BCUT2D eigenvalue weighted by atomic mass is 10.2. The third-order valence-corrected chi connectivity index (χ3v) is 2.84. The number of nitrogens with one attached hydrogen (secondary N) is 1. The molecule has 0 aliphatic carbocycles. The molecule has 1 aromatic heterocycles. The van der Waals surface area contributed by atoms with E-state index in [-0.39, 0.29) is 30.7 Å². The Kier molecular flexibility index (Phi) is 7.98. The van der Waals surface area contributed by atoms with Crippen LogP contribution in [0.4, 0.5) is 0 Å². The number of halogens is 2. The fraction of sp³-hybridized carbons (Fsp3) is 0.636. The zero-order valence-electron chi connectivity index (χ0n) is 10.4. The smallest absolute Gasteiger partial charge is 0.224 e. The van der Waals surface area contributed by atoms with E-state index in [0.717, 1.165) is 19.6 Å². The predicted molar refractivity (Wildman–Crippen MR) is 75.4 cm³/mol. The van der Waals surface area contributed by atoms with Crippen molar-refractivity contribution in [2.45, 2.75) is 25.9 Å². The summed E-state index contributed by atoms with van der Waals surface area (Å²) in [6, 6.07) is 2.28. The molecule has 1 atom stereocenters. The molecule has 0 unspecified atom stereocenters. The molecule has 1 aliphatic heterocycles. The molecule has 7 heteroatoms. The van der Waals surface area contributed by atoms with E-state index >= 15 is 0 Å². The molecule has 0 aromatic carbocycles. The molecule has 0 spiro atoms. The van der Waals surface area contributed by atoms with Gasteiger partial charge in [-0.3, -0.25) is 9.48 Å². The van der Waals surface area contributed by atoms with E-state index in [0.29, 0.717) is 19.0 Å². The van der Waals surface area contributed by atoms with Gasteiger partial charge in [0.05, 0.1) is 0 Å². The van der Waals surface area contributed by atoms with Crippen LogP contribution >= 0.6 is 24.8 Å². The van der Waals surface area contributed by atoms with E-state index in [9.17, 15) is 4.79 Å². The van der Waals surface area contributed by atoms with E-state index in [1.807, 2.05) is 17.2 Å². The fourth-order valence-electron chi connectivity index (χ4n) is 1.96. The van der Waals surface area contributed by atoms with E-state index in [1.165, 1.54) is 0 Å². The minimum atomic E-state index is 0. The third kappa shape index (κ3) is 4.84. The predicted octanol–water partition coefficient (Wildman–Crippen LogP) is 0.937. The second-order valence-corrected chi connectivity index (χ2v) is 4.21. The SMILES string of the molecule is C[C@H]1CN(C(=O)CCn2cccn2)CCN1.Cl.Cl. The van der Waals surface area contributed by atoms with Gasteiger partial charge >= 0.3 is 0 Å². The van der Waals surface area contributed by atoms with Gasteiger partial charge in [-0.05, 0) is 13.0 Å². The van der Waals surface area contributed by atoms with Crippen LogP contribution in [0.2, 0.25) is 0 Å². The Morgan fingerprint density at radius 1 is 1.50 bits per heavy atom. The molecule has 1 fully saturated rings. The third-order valence-electron chi connectivity index (χ3n) is 2.84. The summed E-state index contributed by atoms with van der Waals surface area (Å²) < 4.78 is 1.80. The lowest BCUT2D eigenvalue weighted by Gasteiger charge is -2.31. The van der Waals surface area contributed by atoms with Crippen molar-refractivity contribution in [3.8, 4) is 0 Å². The lowest BCUT2D eigenvalue weighted by Crippen LogP contribution is -2.51. The highest BCUT2D eigenvalue weighted by molar-refractivity contribution is 5.85. The normalized spacial score (nSPS) is 18.7. The Morgan fingerprint density at radius 3 is 2.89 bits per heavy atom. The second-order valence-electron chi connectivity index (χ2n) is 4.21. The molecule has 1 saturated heterocycles. The summed E-state index contributed by atoms with van der Waals surface area (Å²) in [5.74, 6) is 0.226. The Hall–Kier alpha value is -0.780. The van der Waals surface area contributed by atoms with Gasteiger partial charge in [-0.25, -0.2) is 0 Å². The zero-order chi connectivity index (χ0) is 11.4. The average molecular weight is 295 g/mol. The first-order valence-electron chi connectivity index (χ1n) is 5.74. The number of rotatable bonds is 3. The standard InChI is InChI=1S/C11H18N4O.2ClH/c1-10-9-14(8-5-12-10)11(16)3-7-15-6-2-4-13-15;;/h2,4,6,10,12H,3,5,7-9H2,1H3;2*1H/t10-;;/m0../s1. The molecule has 1 aromatic rings. The van der Waals surface area contributed by atoms with Gasteiger partial charge in [-0.15, -0.1) is 24.8 Å². The highest BCUT2D eigenvalue weighted by Gasteiger charge is 2.19. The highest BCUT2D eigenvalue weighted by Crippen LogP contribution is 2.02. The van der Waals surface area contributed by atoms with E-state index in [4.69, 9.17) is 0 Å². The first-order chi connectivity index (χ1) is 7.75. The topological polar surface area (TPSA) is 50.2 Å². The van der Waals surface area contributed by atoms with Crippen LogP contribution in [-0.4, -0.2) is 46.3 Å². The number of nitrogens with zero attached hydrogens (tertiary/aromatic N) is 3. The van der Waals surface area contributed by atoms with Crippen molar-refractivity contribution < 1.29 is 4.79 Å². The van der Waals surface area contributed by atoms with Gasteiger partial charge in [0.25, 0.3) is 0 Å². The Morgan fingerprint density at radius 2 is 2.28 bits per heavy atom. The fourth-order valence-corrected chi connectivity index (χ4v) is 1.96. The number of aryl methyl sites for hydroxylation is 1. The molecule has 1 aliphatic rings. The Balaban J connectivity index is 0.00000144. The van der Waals surface area contributed by atoms with Crippen molar-refractivity contribution in [3.05, 3.63) is 18.5 Å². The Labute approximate surface area is 120 Å². The molecule has 104 valence electrons. The molecule has 0 saturated carbocycles. The number of carbonyl (C=O) groups is 1. The van der Waals surface area contributed by atoms with Crippen LogP contribution in [0.25, 0.3) is 0 Å². The van der Waals surface area contributed by atoms with Crippen molar-refractivity contribution in [2.75, 3.05) is 19.6 Å². The number of piperazine rings is 1. The van der Waals surface area contributed by atoms with Gasteiger partial charge in [-0.2, -0.15) is 5.10 Å². The quantitative estimate of drug-likeness (QED) is 0.903. The van der Waals surface area contributed by atoms with Crippen molar-refractivity contribution >= 4 is 30.7 Å². The van der Waals surface area contributed by atoms with Gasteiger partial charge in [0.1, 0.15) is 0 Å². The van der Waals surface area contributed by atoms with Crippen molar-refractivity contribution in [3.63, 3.8) is 0 Å². The number of carbonyl (C=O) groups excluding carboxylic acids is 1. The van der Waals surface area contributed by atoms with Crippen LogP contribution in [0, 0.1) is 0 Å². The Bertz CT molecular complexity index is 345. The van der Waals surface area contributed by atoms with Gasteiger partial charge in [0, 0.05) is 51.0 Å². The number of hydrogen-bond donors (Lipinski definition) is 1. The maximum Gasteiger partial charge on any atom is 0.224 e. The van der Waals surface area contributed by atoms with Gasteiger partial charge in [-0.1, -0.05) is 0 Å². The second kappa shape index (κ2) is 8.34. The lowest BCUT2D eigenvalue weighted by molar-refractivity contribution is -0.132. The number of hydrogen-bond acceptors (Lipinski definition) is 3. The summed E-state index contributed by atoms with van der Waals surface area (Å²) in [7, 11) is 0. The molecule has 5 nitrogen and oxygen atoms in total. The molecular weight excluding hydrogens is 275 g/mol. The highest BCUT2D eigenvalue weighted by atomic mass is 35.5. The molecule has 0 bridgehead atoms. The molecular formula is C11H20Cl2N4O. The average Bonchev–Trinajstić information content (AvgIpc) is 2.78. The van der Waals surface area contributed by atoms with Crippen molar-refractivity contribution in [1.29, 1.82) is 0 Å². The first-order valence-corrected chi connectivity index (χ1v) is 5.74. The summed E-state index contributed by atoms with van der Waals surface area (Å²) in [4.78, 5) is 13.8. The van der Waals surface area contributed by atoms with Gasteiger partial charge < -0.3 is 10.2 Å². The van der Waals surface area contributed by atoms with Crippen molar-refractivity contribution in [2.24, 2.45) is 0 Å². The largest absolute Gasteiger partial charge is 0.340 e. The van der Waals surface area contributed by atoms with E-state index < -0.39 is 0 Å². The molecule has 18 heavy (non-hydrogen) atoms. The molecule has 2 rings (SSSR count). The van der Waals surface area contributed by atoms with E-state index in [1.54, 1.807) is 10.9 Å². The number of aromatic nitrogens is 2. The van der Waals surface area contributed by atoms with Crippen LogP contribution in [0.1, 0.15) is 13.3 Å². The van der Waals surface area contributed by atoms with Crippen LogP contribution < -0.4 is 5.32 Å². The summed E-state index contributed by atoms with van der Waals surface area (Å²) in [5.41, 5.74) is 0. The van der Waals surface area contributed by atoms with Crippen molar-refractivity contribution in [1.82, 2.24) is 20.0 Å². The minimum Gasteiger partial charge on any atom is -0.340 e. The molecule has 1 N–H and O–H groups in total. The summed E-state index contributed by atoms with van der Waals surface area (Å²) >= 11 is 0. The van der Waals surface area contributed by atoms with Crippen LogP contribution in [0.15, 0.2) is 18.5 Å². The summed E-state index contributed by atoms with van der Waals surface area (Å²) in [5, 5.41) is 7.41. The maximum atomic E-state index is 11.9.